The van der Waals surface area contributed by atoms with E-state index in [4.69, 9.17) is 0 Å². The monoisotopic (exact) mass is 258 g/mol. The highest BCUT2D eigenvalue weighted by Gasteiger charge is 2.52. The molecule has 0 aromatic heterocycles. The molecule has 2 heterocycles. The fraction of sp³-hybridized carbons (Fsp3) is 0.846. The van der Waals surface area contributed by atoms with E-state index in [9.17, 15) is 4.21 Å². The maximum absolute atomic E-state index is 12.3. The third-order valence-corrected chi connectivity index (χ3v) is 7.23. The fourth-order valence-electron chi connectivity index (χ4n) is 2.80. The summed E-state index contributed by atoms with van der Waals surface area (Å²) in [5.41, 5.74) is 3.28. The van der Waals surface area contributed by atoms with Crippen molar-refractivity contribution < 1.29 is 4.21 Å². The normalized spacial score (nSPS) is 35.0. The number of hydrogen-bond donors (Lipinski definition) is 0. The highest BCUT2D eigenvalue weighted by molar-refractivity contribution is 8.15. The minimum absolute atomic E-state index is 0.158. The summed E-state index contributed by atoms with van der Waals surface area (Å²) in [6.45, 7) is 13.6. The Morgan fingerprint density at radius 2 is 1.56 bits per heavy atom. The van der Waals surface area contributed by atoms with Crippen molar-refractivity contribution in [2.75, 3.05) is 5.75 Å². The molecule has 0 spiro atoms. The molecule has 0 aromatic carbocycles. The van der Waals surface area contributed by atoms with Gasteiger partial charge in [-0.05, 0) is 22.0 Å². The lowest BCUT2D eigenvalue weighted by molar-refractivity contribution is 0.439. The van der Waals surface area contributed by atoms with Crippen LogP contribution >= 0.6 is 11.8 Å². The van der Waals surface area contributed by atoms with E-state index in [1.54, 1.807) is 0 Å². The minimum Gasteiger partial charge on any atom is -0.257 e. The smallest absolute Gasteiger partial charge is 0.103 e. The molecule has 1 saturated heterocycles. The summed E-state index contributed by atoms with van der Waals surface area (Å²) < 4.78 is 12.6. The zero-order valence-electron chi connectivity index (χ0n) is 11.1. The van der Waals surface area contributed by atoms with Crippen molar-refractivity contribution in [1.82, 2.24) is 0 Å². The van der Waals surface area contributed by atoms with Crippen LogP contribution in [-0.4, -0.2) is 19.8 Å². The average molecular weight is 258 g/mol. The summed E-state index contributed by atoms with van der Waals surface area (Å²) in [5, 5.41) is 0.323. The molecule has 2 aliphatic heterocycles. The van der Waals surface area contributed by atoms with Gasteiger partial charge in [0.25, 0.3) is 0 Å². The summed E-state index contributed by atoms with van der Waals surface area (Å²) in [6, 6.07) is 0. The third kappa shape index (κ3) is 1.80. The second kappa shape index (κ2) is 3.61. The van der Waals surface area contributed by atoms with Crippen molar-refractivity contribution in [3.05, 3.63) is 11.1 Å². The Bertz CT molecular complexity index is 334. The summed E-state index contributed by atoms with van der Waals surface area (Å²) in [4.78, 5) is 0. The topological polar surface area (TPSA) is 17.1 Å². The van der Waals surface area contributed by atoms with Crippen LogP contribution in [0.4, 0.5) is 0 Å². The molecule has 0 aromatic rings. The molecule has 2 rings (SSSR count). The van der Waals surface area contributed by atoms with Crippen molar-refractivity contribution >= 4 is 22.6 Å². The van der Waals surface area contributed by atoms with Gasteiger partial charge >= 0.3 is 0 Å². The maximum atomic E-state index is 12.3. The highest BCUT2D eigenvalue weighted by atomic mass is 32.2. The highest BCUT2D eigenvalue weighted by Crippen LogP contribution is 2.55. The second-order valence-electron chi connectivity index (χ2n) is 6.81. The van der Waals surface area contributed by atoms with Crippen molar-refractivity contribution in [3.8, 4) is 0 Å². The van der Waals surface area contributed by atoms with Crippen LogP contribution in [0, 0.1) is 10.8 Å². The summed E-state index contributed by atoms with van der Waals surface area (Å²) >= 11 is 1.90. The molecule has 3 heteroatoms. The van der Waals surface area contributed by atoms with Crippen LogP contribution in [0.1, 0.15) is 41.5 Å². The van der Waals surface area contributed by atoms with Crippen molar-refractivity contribution in [2.24, 2.45) is 10.8 Å². The van der Waals surface area contributed by atoms with Crippen LogP contribution < -0.4 is 0 Å². The summed E-state index contributed by atoms with van der Waals surface area (Å²) in [6.07, 6.45) is 0. The molecule has 2 aliphatic rings. The van der Waals surface area contributed by atoms with Gasteiger partial charge in [0.2, 0.25) is 0 Å². The average Bonchev–Trinajstić information content (AvgIpc) is 2.56. The number of thioether (sulfide) groups is 1. The Labute approximate surface area is 106 Å². The van der Waals surface area contributed by atoms with E-state index in [-0.39, 0.29) is 15.4 Å². The lowest BCUT2D eigenvalue weighted by atomic mass is 9.74. The van der Waals surface area contributed by atoms with Crippen LogP contribution in [0.25, 0.3) is 0 Å². The molecule has 3 atom stereocenters. The van der Waals surface area contributed by atoms with E-state index in [2.05, 4.69) is 41.5 Å². The van der Waals surface area contributed by atoms with E-state index in [1.165, 1.54) is 11.1 Å². The first-order valence-electron chi connectivity index (χ1n) is 5.90. The van der Waals surface area contributed by atoms with E-state index in [0.29, 0.717) is 5.25 Å². The van der Waals surface area contributed by atoms with Crippen molar-refractivity contribution in [2.45, 2.75) is 51.4 Å². The molecular formula is C13H22OS2. The molecule has 1 nitrogen and oxygen atoms in total. The van der Waals surface area contributed by atoms with Gasteiger partial charge < -0.3 is 0 Å². The zero-order valence-corrected chi connectivity index (χ0v) is 12.7. The zero-order chi connectivity index (χ0) is 12.3. The molecule has 0 N–H and O–H groups in total. The lowest BCUT2D eigenvalue weighted by Crippen LogP contribution is -2.27. The lowest BCUT2D eigenvalue weighted by Gasteiger charge is -2.34. The number of hydrogen-bond acceptors (Lipinski definition) is 2. The largest absolute Gasteiger partial charge is 0.257 e. The fourth-order valence-corrected chi connectivity index (χ4v) is 7.64. The van der Waals surface area contributed by atoms with Gasteiger partial charge in [0.05, 0.1) is 5.25 Å². The molecule has 0 saturated carbocycles. The molecular weight excluding hydrogens is 236 g/mol. The van der Waals surface area contributed by atoms with Crippen molar-refractivity contribution in [1.29, 1.82) is 0 Å². The van der Waals surface area contributed by atoms with Crippen LogP contribution in [0.5, 0.6) is 0 Å². The molecule has 1 fully saturated rings. The summed E-state index contributed by atoms with van der Waals surface area (Å²) in [5.74, 6) is 1.06. The first-order valence-corrected chi connectivity index (χ1v) is 8.22. The predicted octanol–water partition coefficient (Wildman–Crippen LogP) is 3.58. The Morgan fingerprint density at radius 1 is 1.06 bits per heavy atom. The Kier molecular flexibility index (Phi) is 2.87. The molecule has 0 amide bonds. The first kappa shape index (κ1) is 12.7. The van der Waals surface area contributed by atoms with Gasteiger partial charge in [-0.1, -0.05) is 41.5 Å². The van der Waals surface area contributed by atoms with Gasteiger partial charge in [-0.25, -0.2) is 0 Å². The van der Waals surface area contributed by atoms with E-state index >= 15 is 0 Å². The maximum Gasteiger partial charge on any atom is 0.103 e. The van der Waals surface area contributed by atoms with Gasteiger partial charge in [0, 0.05) is 16.6 Å². The number of fused-ring (bicyclic) bond motifs is 2. The molecule has 0 radical (unpaired) electrons. The predicted molar refractivity (Wildman–Crippen MR) is 74.1 cm³/mol. The molecule has 16 heavy (non-hydrogen) atoms. The molecule has 92 valence electrons. The van der Waals surface area contributed by atoms with Crippen LogP contribution in [-0.2, 0) is 10.8 Å². The Morgan fingerprint density at radius 3 is 1.94 bits per heavy atom. The third-order valence-electron chi connectivity index (χ3n) is 3.35. The van der Waals surface area contributed by atoms with Gasteiger partial charge in [-0.15, -0.1) is 11.8 Å². The Hall–Kier alpha value is 0.240. The van der Waals surface area contributed by atoms with Crippen LogP contribution in [0.2, 0.25) is 0 Å². The van der Waals surface area contributed by atoms with Gasteiger partial charge in [0.15, 0.2) is 0 Å². The molecule has 3 unspecified atom stereocenters. The van der Waals surface area contributed by atoms with E-state index in [0.717, 1.165) is 5.75 Å². The second-order valence-corrected chi connectivity index (χ2v) is 9.94. The van der Waals surface area contributed by atoms with Crippen LogP contribution in [0.15, 0.2) is 11.1 Å². The van der Waals surface area contributed by atoms with Crippen LogP contribution in [0.3, 0.4) is 0 Å². The quantitative estimate of drug-likeness (QED) is 0.618. The summed E-state index contributed by atoms with van der Waals surface area (Å²) in [7, 11) is -0.665. The molecule has 0 aliphatic carbocycles. The van der Waals surface area contributed by atoms with E-state index in [1.807, 2.05) is 11.8 Å². The first-order chi connectivity index (χ1) is 7.14. The van der Waals surface area contributed by atoms with Gasteiger partial charge in [-0.2, -0.15) is 0 Å². The van der Waals surface area contributed by atoms with Gasteiger partial charge in [0.1, 0.15) is 4.58 Å². The minimum atomic E-state index is -0.665. The standard InChI is InChI=1S/C13H22OS2/c1-12(2,3)9-8-7-15-11(16(8)14)10(9)13(4,5)6/h8,11H,7H2,1-6H3. The Balaban J connectivity index is 2.58. The SMILES string of the molecule is CC(C)(C)C1=C(C(C)(C)C)C2SCC1S2=O. The number of rotatable bonds is 0. The van der Waals surface area contributed by atoms with Gasteiger partial charge in [-0.3, -0.25) is 4.21 Å². The van der Waals surface area contributed by atoms with E-state index < -0.39 is 10.8 Å². The van der Waals surface area contributed by atoms with Crippen molar-refractivity contribution in [3.63, 3.8) is 0 Å². The molecule has 2 bridgehead atoms.